The lowest BCUT2D eigenvalue weighted by Gasteiger charge is -2.28. The number of nitrogens with one attached hydrogen (secondary N) is 2. The van der Waals surface area contributed by atoms with E-state index in [1.54, 1.807) is 12.1 Å². The Hall–Kier alpha value is -2.59. The number of alkyl halides is 2. The Morgan fingerprint density at radius 1 is 1.19 bits per heavy atom. The zero-order chi connectivity index (χ0) is 22.0. The predicted octanol–water partition coefficient (Wildman–Crippen LogP) is 4.55. The molecular weight excluding hydrogens is 427 g/mol. The van der Waals surface area contributed by atoms with Gasteiger partial charge in [0.05, 0.1) is 6.54 Å². The van der Waals surface area contributed by atoms with Crippen LogP contribution in [0.25, 0.3) is 21.3 Å². The Morgan fingerprint density at radius 2 is 1.97 bits per heavy atom. The highest BCUT2D eigenvalue weighted by Crippen LogP contribution is 2.30. The summed E-state index contributed by atoms with van der Waals surface area (Å²) in [4.78, 5) is 16.8. The Labute approximate surface area is 181 Å². The van der Waals surface area contributed by atoms with Gasteiger partial charge in [0, 0.05) is 29.1 Å². The van der Waals surface area contributed by atoms with Crippen molar-refractivity contribution in [2.24, 2.45) is 5.92 Å². The number of fused-ring (bicyclic) bond motifs is 1. The van der Waals surface area contributed by atoms with Gasteiger partial charge in [-0.05, 0) is 56.2 Å². The lowest BCUT2D eigenvalue weighted by atomic mass is 9.85. The molecule has 1 fully saturated rings. The van der Waals surface area contributed by atoms with Crippen molar-refractivity contribution in [3.63, 3.8) is 0 Å². The molecule has 0 aliphatic heterocycles. The molecule has 4 rings (SSSR count). The smallest absolute Gasteiger partial charge is 0.250 e. The monoisotopic (exact) mass is 449 g/mol. The van der Waals surface area contributed by atoms with E-state index in [2.05, 4.69) is 25.8 Å². The molecule has 1 aliphatic carbocycles. The molecular formula is C21H22F3N5OS. The number of halogens is 3. The first-order chi connectivity index (χ1) is 14.9. The molecule has 1 saturated carbocycles. The van der Waals surface area contributed by atoms with Crippen molar-refractivity contribution in [3.05, 3.63) is 35.2 Å². The summed E-state index contributed by atoms with van der Waals surface area (Å²) in [5, 5.41) is 16.1. The van der Waals surface area contributed by atoms with Crippen molar-refractivity contribution in [2.45, 2.75) is 45.1 Å². The van der Waals surface area contributed by atoms with Gasteiger partial charge in [0.15, 0.2) is 0 Å². The summed E-state index contributed by atoms with van der Waals surface area (Å²) in [5.41, 5.74) is 0.619. The minimum Gasteiger partial charge on any atom is -0.310 e. The largest absolute Gasteiger partial charge is 0.310 e. The fraction of sp³-hybridized carbons (Fsp3) is 0.429. The van der Waals surface area contributed by atoms with Crippen molar-refractivity contribution in [3.8, 4) is 10.6 Å². The highest BCUT2D eigenvalue weighted by Gasteiger charge is 2.27. The number of hydrogen-bond acceptors (Lipinski definition) is 6. The Morgan fingerprint density at radius 3 is 2.65 bits per heavy atom. The van der Waals surface area contributed by atoms with Gasteiger partial charge < -0.3 is 10.6 Å². The molecule has 10 heteroatoms. The van der Waals surface area contributed by atoms with E-state index in [1.807, 2.05) is 6.92 Å². The second-order valence-electron chi connectivity index (χ2n) is 7.71. The number of pyridine rings is 1. The molecule has 31 heavy (non-hydrogen) atoms. The molecule has 0 atom stereocenters. The molecule has 164 valence electrons. The van der Waals surface area contributed by atoms with Gasteiger partial charge in [0.1, 0.15) is 21.7 Å². The fourth-order valence-corrected chi connectivity index (χ4v) is 4.54. The second-order valence-corrected chi connectivity index (χ2v) is 8.89. The summed E-state index contributed by atoms with van der Waals surface area (Å²) >= 11 is 1.38. The maximum Gasteiger partial charge on any atom is 0.250 e. The number of rotatable bonds is 6. The van der Waals surface area contributed by atoms with E-state index < -0.39 is 12.2 Å². The standard InChI is InChI=1S/C21H22F3N5OS/c1-11-28-29-21(31-11)14-6-13-8-19(26-9-16(13)17(22)7-14)27-20(30)12-2-4-15(5-3-12)25-10-18(23)24/h6-9,12,15,18,25H,2-5,10H2,1H3,(H,26,27,30). The van der Waals surface area contributed by atoms with Crippen molar-refractivity contribution in [1.82, 2.24) is 20.5 Å². The Balaban J connectivity index is 1.44. The van der Waals surface area contributed by atoms with Crippen molar-refractivity contribution >= 4 is 33.8 Å². The van der Waals surface area contributed by atoms with Crippen molar-refractivity contribution < 1.29 is 18.0 Å². The van der Waals surface area contributed by atoms with E-state index in [9.17, 15) is 18.0 Å². The number of carbonyl (C=O) groups is 1. The first-order valence-electron chi connectivity index (χ1n) is 10.1. The number of benzene rings is 1. The second kappa shape index (κ2) is 9.27. The normalized spacial score (nSPS) is 19.1. The van der Waals surface area contributed by atoms with E-state index in [1.165, 1.54) is 23.6 Å². The number of anilines is 1. The summed E-state index contributed by atoms with van der Waals surface area (Å²) in [6, 6.07) is 4.87. The number of aryl methyl sites for hydroxylation is 1. The van der Waals surface area contributed by atoms with Crippen LogP contribution in [0.15, 0.2) is 24.4 Å². The lowest BCUT2D eigenvalue weighted by molar-refractivity contribution is -0.120. The van der Waals surface area contributed by atoms with Crippen LogP contribution in [0.3, 0.4) is 0 Å². The molecule has 0 bridgehead atoms. The van der Waals surface area contributed by atoms with Crippen LogP contribution in [0.4, 0.5) is 19.0 Å². The van der Waals surface area contributed by atoms with Crippen LogP contribution in [-0.4, -0.2) is 40.1 Å². The molecule has 2 aromatic heterocycles. The van der Waals surface area contributed by atoms with E-state index in [0.29, 0.717) is 52.8 Å². The number of nitrogens with zero attached hydrogens (tertiary/aromatic N) is 3. The molecule has 0 saturated heterocycles. The maximum absolute atomic E-state index is 14.5. The number of hydrogen-bond donors (Lipinski definition) is 2. The molecule has 0 radical (unpaired) electrons. The molecule has 1 aliphatic rings. The predicted molar refractivity (Wildman–Crippen MR) is 114 cm³/mol. The van der Waals surface area contributed by atoms with Gasteiger partial charge in [0.2, 0.25) is 5.91 Å². The zero-order valence-corrected chi connectivity index (χ0v) is 17.7. The summed E-state index contributed by atoms with van der Waals surface area (Å²) in [7, 11) is 0. The first-order valence-corrected chi connectivity index (χ1v) is 10.9. The molecule has 0 spiro atoms. The van der Waals surface area contributed by atoms with Gasteiger partial charge in [-0.3, -0.25) is 4.79 Å². The molecule has 1 amide bonds. The molecule has 3 aromatic rings. The number of amides is 1. The van der Waals surface area contributed by atoms with Crippen LogP contribution < -0.4 is 10.6 Å². The SMILES string of the molecule is Cc1nnc(-c2cc(F)c3cnc(NC(=O)C4CCC(NCC(F)F)CC4)cc3c2)s1. The lowest BCUT2D eigenvalue weighted by Crippen LogP contribution is -2.38. The van der Waals surface area contributed by atoms with Gasteiger partial charge in [-0.15, -0.1) is 10.2 Å². The summed E-state index contributed by atoms with van der Waals surface area (Å²) in [5.74, 6) is -0.425. The number of carbonyl (C=O) groups excluding carboxylic acids is 1. The van der Waals surface area contributed by atoms with Crippen LogP contribution >= 0.6 is 11.3 Å². The topological polar surface area (TPSA) is 79.8 Å². The van der Waals surface area contributed by atoms with Crippen molar-refractivity contribution in [2.75, 3.05) is 11.9 Å². The van der Waals surface area contributed by atoms with Crippen LogP contribution in [0.2, 0.25) is 0 Å². The highest BCUT2D eigenvalue weighted by atomic mass is 32.1. The van der Waals surface area contributed by atoms with Crippen LogP contribution in [-0.2, 0) is 4.79 Å². The van der Waals surface area contributed by atoms with Crippen molar-refractivity contribution in [1.29, 1.82) is 0 Å². The van der Waals surface area contributed by atoms with Gasteiger partial charge in [-0.1, -0.05) is 11.3 Å². The molecule has 1 aromatic carbocycles. The average molecular weight is 450 g/mol. The fourth-order valence-electron chi connectivity index (χ4n) is 3.86. The van der Waals surface area contributed by atoms with Crippen LogP contribution in [0, 0.1) is 18.7 Å². The zero-order valence-electron chi connectivity index (χ0n) is 16.9. The maximum atomic E-state index is 14.5. The highest BCUT2D eigenvalue weighted by molar-refractivity contribution is 7.14. The quantitative estimate of drug-likeness (QED) is 0.577. The van der Waals surface area contributed by atoms with Gasteiger partial charge in [-0.2, -0.15) is 0 Å². The van der Waals surface area contributed by atoms with Gasteiger partial charge >= 0.3 is 0 Å². The van der Waals surface area contributed by atoms with Gasteiger partial charge in [-0.25, -0.2) is 18.2 Å². The minimum absolute atomic E-state index is 0.0160. The Bertz CT molecular complexity index is 1080. The summed E-state index contributed by atoms with van der Waals surface area (Å²) < 4.78 is 39.2. The number of aromatic nitrogens is 3. The summed E-state index contributed by atoms with van der Waals surface area (Å²) in [6.07, 6.45) is 1.62. The van der Waals surface area contributed by atoms with Crippen LogP contribution in [0.5, 0.6) is 0 Å². The minimum atomic E-state index is -2.37. The first kappa shape index (κ1) is 21.6. The van der Waals surface area contributed by atoms with Crippen LogP contribution in [0.1, 0.15) is 30.7 Å². The van der Waals surface area contributed by atoms with E-state index in [4.69, 9.17) is 0 Å². The molecule has 2 N–H and O–H groups in total. The third-order valence-electron chi connectivity index (χ3n) is 5.47. The van der Waals surface area contributed by atoms with E-state index in [-0.39, 0.29) is 24.4 Å². The third kappa shape index (κ3) is 5.19. The average Bonchev–Trinajstić information content (AvgIpc) is 3.18. The summed E-state index contributed by atoms with van der Waals surface area (Å²) in [6.45, 7) is 1.51. The van der Waals surface area contributed by atoms with Gasteiger partial charge in [0.25, 0.3) is 6.43 Å². The molecule has 6 nitrogen and oxygen atoms in total. The molecule has 2 heterocycles. The molecule has 0 unspecified atom stereocenters. The van der Waals surface area contributed by atoms with E-state index in [0.717, 1.165) is 5.01 Å². The third-order valence-corrected chi connectivity index (χ3v) is 6.36. The Kier molecular flexibility index (Phi) is 6.47. The van der Waals surface area contributed by atoms with E-state index >= 15 is 0 Å².